The molecule has 4 aliphatic heterocycles. The summed E-state index contributed by atoms with van der Waals surface area (Å²) in [6.45, 7) is 7.02. The van der Waals surface area contributed by atoms with Gasteiger partial charge >= 0.3 is 23.9 Å². The Kier molecular flexibility index (Phi) is 21.9. The molecule has 0 aliphatic carbocycles. The van der Waals surface area contributed by atoms with Gasteiger partial charge in [-0.15, -0.1) is 0 Å². The number of anilines is 2. The van der Waals surface area contributed by atoms with Crippen molar-refractivity contribution in [3.63, 3.8) is 0 Å². The predicted octanol–water partition coefficient (Wildman–Crippen LogP) is 17.2. The highest BCUT2D eigenvalue weighted by atomic mass is 16.6. The highest BCUT2D eigenvalue weighted by molar-refractivity contribution is 6.07. The van der Waals surface area contributed by atoms with Gasteiger partial charge in [-0.3, -0.25) is 19.2 Å². The number of hydrogen-bond acceptors (Lipinski definition) is 17. The molecule has 4 aliphatic rings. The molecular weight excluding hydrogens is 1350 g/mol. The molecule has 107 heavy (non-hydrogen) atoms. The number of methoxy groups -OCH3 is 4. The first-order chi connectivity index (χ1) is 52.2. The Balaban J connectivity index is 0.612. The summed E-state index contributed by atoms with van der Waals surface area (Å²) in [6.07, 6.45) is 6.27. The van der Waals surface area contributed by atoms with Crippen LogP contribution in [0.1, 0.15) is 98.6 Å². The fourth-order valence-corrected chi connectivity index (χ4v) is 15.0. The van der Waals surface area contributed by atoms with Gasteiger partial charge in [0.15, 0.2) is 11.2 Å². The maximum Gasteiger partial charge on any atom is 0.306 e. The van der Waals surface area contributed by atoms with Crippen LogP contribution in [0.3, 0.4) is 0 Å². The van der Waals surface area contributed by atoms with E-state index in [1.807, 2.05) is 146 Å². The van der Waals surface area contributed by atoms with Crippen LogP contribution in [0, 0.1) is 0 Å². The average molecular weight is 1440 g/mol. The number of hydrogen-bond donors (Lipinski definition) is 0. The average Bonchev–Trinajstić information content (AvgIpc) is 0.973. The van der Waals surface area contributed by atoms with Gasteiger partial charge in [0.25, 0.3) is 0 Å². The molecule has 10 aromatic rings. The van der Waals surface area contributed by atoms with Crippen LogP contribution in [0.4, 0.5) is 11.4 Å². The Hall–Kier alpha value is -11.6. The van der Waals surface area contributed by atoms with Crippen molar-refractivity contribution in [1.82, 2.24) is 0 Å². The topological polar surface area (TPSA) is 176 Å². The van der Waals surface area contributed by atoms with Gasteiger partial charge in [0.2, 0.25) is 0 Å². The third-order valence-electron chi connectivity index (χ3n) is 20.5. The molecule has 0 N–H and O–H groups in total. The summed E-state index contributed by atoms with van der Waals surface area (Å²) in [6, 6.07) is 68.9. The van der Waals surface area contributed by atoms with E-state index in [-0.39, 0.29) is 52.1 Å². The van der Waals surface area contributed by atoms with Gasteiger partial charge < -0.3 is 61.9 Å². The van der Waals surface area contributed by atoms with Crippen LogP contribution >= 0.6 is 0 Å². The first-order valence-electron chi connectivity index (χ1n) is 36.7. The number of carbonyl (C=O) groups is 4. The molecule has 14 rings (SSSR count). The Bertz CT molecular complexity index is 4610. The molecule has 0 radical (unpaired) electrons. The third-order valence-corrected chi connectivity index (χ3v) is 20.5. The third kappa shape index (κ3) is 15.7. The molecule has 10 aromatic carbocycles. The van der Waals surface area contributed by atoms with Crippen molar-refractivity contribution in [3.8, 4) is 56.8 Å². The lowest BCUT2D eigenvalue weighted by Crippen LogP contribution is -2.36. The second-order valence-electron chi connectivity index (χ2n) is 27.6. The van der Waals surface area contributed by atoms with Crippen LogP contribution in [-0.2, 0) is 54.1 Å². The van der Waals surface area contributed by atoms with E-state index in [1.54, 1.807) is 42.3 Å². The van der Waals surface area contributed by atoms with Gasteiger partial charge in [-0.05, 0) is 182 Å². The van der Waals surface area contributed by atoms with Crippen molar-refractivity contribution in [2.45, 2.75) is 88.6 Å². The minimum absolute atomic E-state index is 0.0202. The van der Waals surface area contributed by atoms with E-state index in [0.29, 0.717) is 34.1 Å². The molecule has 4 unspecified atom stereocenters. The van der Waals surface area contributed by atoms with Gasteiger partial charge in [-0.1, -0.05) is 109 Å². The molecule has 2 saturated heterocycles. The molecule has 0 spiro atoms. The molecule has 2 fully saturated rings. The Labute approximate surface area is 624 Å². The summed E-state index contributed by atoms with van der Waals surface area (Å²) in [7, 11) is 6.55. The van der Waals surface area contributed by atoms with E-state index in [4.69, 9.17) is 52.1 Å². The summed E-state index contributed by atoms with van der Waals surface area (Å²) < 4.78 is 67.3. The van der Waals surface area contributed by atoms with E-state index < -0.39 is 47.3 Å². The summed E-state index contributed by atoms with van der Waals surface area (Å²) in [5.41, 5.74) is 10.0. The molecule has 4 atom stereocenters. The number of esters is 4. The summed E-state index contributed by atoms with van der Waals surface area (Å²) in [5.74, 6) is 1.48. The van der Waals surface area contributed by atoms with Crippen LogP contribution in [0.25, 0.3) is 54.9 Å². The van der Waals surface area contributed by atoms with Gasteiger partial charge in [0.1, 0.15) is 59.9 Å². The number of ether oxygens (including phenoxy) is 11. The highest BCUT2D eigenvalue weighted by Crippen LogP contribution is 2.53. The molecule has 0 aromatic heterocycles. The molecule has 17 nitrogen and oxygen atoms in total. The smallest absolute Gasteiger partial charge is 0.306 e. The zero-order valence-electron chi connectivity index (χ0n) is 61.3. The maximum atomic E-state index is 13.9. The lowest BCUT2D eigenvalue weighted by atomic mass is 9.80. The molecule has 548 valence electrons. The summed E-state index contributed by atoms with van der Waals surface area (Å²) in [4.78, 5) is 59.3. The van der Waals surface area contributed by atoms with E-state index in [1.165, 1.54) is 0 Å². The minimum atomic E-state index is -1.17. The lowest BCUT2D eigenvalue weighted by Gasteiger charge is -2.39. The Morgan fingerprint density at radius 1 is 0.383 bits per heavy atom. The van der Waals surface area contributed by atoms with Crippen molar-refractivity contribution in [1.29, 1.82) is 0 Å². The van der Waals surface area contributed by atoms with Gasteiger partial charge in [0, 0.05) is 92.9 Å². The lowest BCUT2D eigenvalue weighted by molar-refractivity contribution is -0.158. The molecule has 0 amide bonds. The SMILES string of the molecule is COc1ccc(-c2cc3c(c4cc(OC)ccc24)OC(c2ccccc2)(c2ccc(N4CCCC4)cc2)C=C3COC(=O)CCC(=O)OC(C)COCC(C)OC(=O)CCC(=O)OCC2=CC(c3ccccc3)(c3ccc(N4CCCC4)cc3)Oc3c2cc(-c2ccc(OC)cc2)c2ccc(OC)cc32)cc1. The molecule has 0 saturated carbocycles. The van der Waals surface area contributed by atoms with E-state index in [0.717, 1.165) is 152 Å². The van der Waals surface area contributed by atoms with Gasteiger partial charge in [-0.2, -0.15) is 0 Å². The number of fused-ring (bicyclic) bond motifs is 6. The number of rotatable bonds is 28. The van der Waals surface area contributed by atoms with Gasteiger partial charge in [-0.25, -0.2) is 0 Å². The summed E-state index contributed by atoms with van der Waals surface area (Å²) >= 11 is 0. The molecule has 0 bridgehead atoms. The molecular formula is C90H88N2O15. The van der Waals surface area contributed by atoms with Crippen molar-refractivity contribution < 1.29 is 71.3 Å². The zero-order valence-corrected chi connectivity index (χ0v) is 61.3. The van der Waals surface area contributed by atoms with Crippen LogP contribution in [-0.4, -0.2) is 117 Å². The first kappa shape index (κ1) is 72.4. The van der Waals surface area contributed by atoms with Crippen molar-refractivity contribution in [2.24, 2.45) is 0 Å². The predicted molar refractivity (Wildman–Crippen MR) is 415 cm³/mol. The van der Waals surface area contributed by atoms with Crippen LogP contribution in [0.2, 0.25) is 0 Å². The standard InChI is InChI=1S/C90H88N2O15/c1-59(104-85(95)43-41-83(93)102-57-63-53-89(65-17-9-7-10-18-65,67-25-29-69(30-26-67)91-45-13-14-46-91)106-87-79(63)51-77(61-21-33-71(97-3)34-22-61)75-39-37-73(99-5)49-81(75)87)55-101-56-60(2)105-86(96)44-42-84(94)103-58-64-54-90(66-19-11-8-12-20-66,68-27-31-70(32-28-68)92-47-15-16-48-92)107-88-80(64)52-78(62-23-35-72(98-4)36-24-62)76-40-38-74(100-6)50-82(76)88/h7-12,17-40,49-54,59-60H,13-16,41-48,55-58H2,1-6H3. The minimum Gasteiger partial charge on any atom is -0.497 e. The fourth-order valence-electron chi connectivity index (χ4n) is 15.0. The second kappa shape index (κ2) is 32.4. The molecule has 4 heterocycles. The normalized spacial score (nSPS) is 17.1. The largest absolute Gasteiger partial charge is 0.497 e. The van der Waals surface area contributed by atoms with Crippen LogP contribution in [0.15, 0.2) is 218 Å². The Morgan fingerprint density at radius 2 is 0.729 bits per heavy atom. The summed E-state index contributed by atoms with van der Waals surface area (Å²) in [5, 5.41) is 3.46. The number of benzene rings is 10. The zero-order chi connectivity index (χ0) is 74.0. The second-order valence-corrected chi connectivity index (χ2v) is 27.6. The van der Waals surface area contributed by atoms with Crippen molar-refractivity contribution >= 4 is 67.9 Å². The van der Waals surface area contributed by atoms with Gasteiger partial charge in [0.05, 0.1) is 67.3 Å². The quantitative estimate of drug-likeness (QED) is 0.0334. The first-order valence-corrected chi connectivity index (χ1v) is 36.7. The molecule has 17 heteroatoms. The van der Waals surface area contributed by atoms with Crippen LogP contribution in [0.5, 0.6) is 34.5 Å². The number of carbonyl (C=O) groups excluding carboxylic acids is 4. The Morgan fingerprint density at radius 3 is 1.09 bits per heavy atom. The maximum absolute atomic E-state index is 13.9. The monoisotopic (exact) mass is 1440 g/mol. The van der Waals surface area contributed by atoms with E-state index in [2.05, 4.69) is 82.6 Å². The highest BCUT2D eigenvalue weighted by Gasteiger charge is 2.43. The van der Waals surface area contributed by atoms with Crippen molar-refractivity contribution in [2.75, 3.05) is 90.8 Å². The number of nitrogens with zero attached hydrogens (tertiary/aromatic N) is 2. The van der Waals surface area contributed by atoms with E-state index >= 15 is 0 Å². The van der Waals surface area contributed by atoms with Crippen molar-refractivity contribution in [3.05, 3.63) is 252 Å². The fraction of sp³-hybridized carbons (Fsp3) is 0.289. The van der Waals surface area contributed by atoms with Crippen LogP contribution < -0.4 is 38.2 Å². The van der Waals surface area contributed by atoms with E-state index in [9.17, 15) is 19.2 Å².